The lowest BCUT2D eigenvalue weighted by molar-refractivity contribution is -0.139. The lowest BCUT2D eigenvalue weighted by Gasteiger charge is -2.08. The molecule has 2 aromatic carbocycles. The fraction of sp³-hybridized carbons (Fsp3) is 0.490. The highest BCUT2D eigenvalue weighted by molar-refractivity contribution is 5.96. The molecular weight excluding hydrogens is 1070 g/mol. The minimum atomic E-state index is -1.02. The molecule has 0 bridgehead atoms. The average Bonchev–Trinajstić information content (AvgIpc) is 3.96. The molecule has 0 unspecified atom stereocenters. The van der Waals surface area contributed by atoms with E-state index < -0.39 is 29.3 Å². The molecular formula is C51H71N11O19. The molecule has 4 aromatic heterocycles. The molecule has 0 aliphatic carbocycles. The SMILES string of the molecule is NCCOCCOCCOCCC(=O)O.Nc1nc(OCCCO)nc2c1[nH]c(=O)n2Cc1ccc(C(=O)CCCOCCOCCOCCC(=O)O)cc1.Nc1nc(OCCCO)nc2c1[nH]c(=O)n2Cc1ccc(C(=O)O)cc1. The highest BCUT2D eigenvalue weighted by Gasteiger charge is 2.17. The molecule has 0 saturated heterocycles. The quantitative estimate of drug-likeness (QED) is 0.0188. The number of rotatable bonds is 38. The van der Waals surface area contributed by atoms with E-state index in [-0.39, 0.29) is 106 Å². The lowest BCUT2D eigenvalue weighted by Crippen LogP contribution is -2.18. The predicted molar refractivity (Wildman–Crippen MR) is 290 cm³/mol. The second kappa shape index (κ2) is 37.1. The van der Waals surface area contributed by atoms with E-state index in [1.807, 2.05) is 0 Å². The largest absolute Gasteiger partial charge is 0.481 e. The molecule has 0 saturated carbocycles. The average molecular weight is 1140 g/mol. The van der Waals surface area contributed by atoms with Crippen LogP contribution in [0, 0.1) is 0 Å². The van der Waals surface area contributed by atoms with E-state index in [0.717, 1.165) is 11.1 Å². The number of imidazole rings is 2. The van der Waals surface area contributed by atoms with Crippen LogP contribution in [0.1, 0.15) is 70.4 Å². The van der Waals surface area contributed by atoms with Crippen molar-refractivity contribution in [3.8, 4) is 12.0 Å². The molecule has 13 N–H and O–H groups in total. The summed E-state index contributed by atoms with van der Waals surface area (Å²) in [5.41, 5.74) is 19.6. The van der Waals surface area contributed by atoms with Gasteiger partial charge in [0.1, 0.15) is 11.0 Å². The zero-order valence-electron chi connectivity index (χ0n) is 44.7. The van der Waals surface area contributed by atoms with Gasteiger partial charge in [0, 0.05) is 51.2 Å². The van der Waals surface area contributed by atoms with Crippen LogP contribution in [-0.2, 0) is 51.1 Å². The van der Waals surface area contributed by atoms with Crippen molar-refractivity contribution in [2.45, 2.75) is 51.6 Å². The van der Waals surface area contributed by atoms with Crippen molar-refractivity contribution in [3.05, 3.63) is 91.8 Å². The summed E-state index contributed by atoms with van der Waals surface area (Å²) >= 11 is 0. The summed E-state index contributed by atoms with van der Waals surface area (Å²) in [5.74, 6) is -2.64. The molecule has 0 aliphatic heterocycles. The predicted octanol–water partition coefficient (Wildman–Crippen LogP) is 0.678. The van der Waals surface area contributed by atoms with Crippen molar-refractivity contribution in [2.24, 2.45) is 5.73 Å². The Hall–Kier alpha value is -7.94. The first-order chi connectivity index (χ1) is 39.1. The summed E-state index contributed by atoms with van der Waals surface area (Å²) < 4.78 is 44.7. The molecule has 81 heavy (non-hydrogen) atoms. The first-order valence-corrected chi connectivity index (χ1v) is 25.7. The van der Waals surface area contributed by atoms with Crippen LogP contribution in [0.5, 0.6) is 12.0 Å². The number of aliphatic hydroxyl groups is 2. The number of aromatic carboxylic acids is 1. The number of carbonyl (C=O) groups excluding carboxylic acids is 1. The first-order valence-electron chi connectivity index (χ1n) is 25.7. The molecule has 0 spiro atoms. The summed E-state index contributed by atoms with van der Waals surface area (Å²) in [6.07, 6.45) is 1.71. The molecule has 6 aromatic rings. The van der Waals surface area contributed by atoms with E-state index in [1.165, 1.54) is 21.3 Å². The maximum atomic E-state index is 12.6. The van der Waals surface area contributed by atoms with Gasteiger partial charge in [-0.1, -0.05) is 36.4 Å². The van der Waals surface area contributed by atoms with Gasteiger partial charge in [0.25, 0.3) is 0 Å². The Balaban J connectivity index is 0.000000293. The summed E-state index contributed by atoms with van der Waals surface area (Å²) in [4.78, 5) is 90.5. The van der Waals surface area contributed by atoms with Gasteiger partial charge >= 0.3 is 41.3 Å². The Morgan fingerprint density at radius 2 is 0.864 bits per heavy atom. The minimum Gasteiger partial charge on any atom is -0.481 e. The Morgan fingerprint density at radius 1 is 0.481 bits per heavy atom. The van der Waals surface area contributed by atoms with Crippen LogP contribution in [0.15, 0.2) is 58.1 Å². The molecule has 6 rings (SSSR count). The topological polar surface area (TPSA) is 448 Å². The molecule has 0 radical (unpaired) electrons. The van der Waals surface area contributed by atoms with Crippen molar-refractivity contribution >= 4 is 57.7 Å². The van der Waals surface area contributed by atoms with Crippen LogP contribution in [0.2, 0.25) is 0 Å². The van der Waals surface area contributed by atoms with Crippen LogP contribution in [-0.4, -0.2) is 201 Å². The zero-order valence-corrected chi connectivity index (χ0v) is 44.7. The van der Waals surface area contributed by atoms with E-state index in [2.05, 4.69) is 29.9 Å². The second-order valence-electron chi connectivity index (χ2n) is 17.0. The highest BCUT2D eigenvalue weighted by atomic mass is 16.6. The number of nitrogens with two attached hydrogens (primary N) is 3. The Bertz CT molecular complexity index is 2970. The molecule has 4 heterocycles. The van der Waals surface area contributed by atoms with Gasteiger partial charge in [-0.05, 0) is 29.7 Å². The van der Waals surface area contributed by atoms with Gasteiger partial charge in [-0.3, -0.25) is 23.5 Å². The van der Waals surface area contributed by atoms with Crippen LogP contribution < -0.4 is 38.1 Å². The number of nitrogens with zero attached hydrogens (tertiary/aromatic N) is 6. The number of H-pyrrole nitrogens is 2. The number of carboxylic acids is 3. The number of aliphatic hydroxyl groups excluding tert-OH is 2. The molecule has 0 atom stereocenters. The monoisotopic (exact) mass is 1140 g/mol. The van der Waals surface area contributed by atoms with Crippen LogP contribution >= 0.6 is 0 Å². The number of ketones is 1. The minimum absolute atomic E-state index is 0.0115. The number of aromatic amines is 2. The molecule has 0 fully saturated rings. The molecule has 0 aliphatic rings. The molecule has 444 valence electrons. The van der Waals surface area contributed by atoms with E-state index >= 15 is 0 Å². The van der Waals surface area contributed by atoms with Crippen molar-refractivity contribution in [2.75, 3.05) is 124 Å². The summed E-state index contributed by atoms with van der Waals surface area (Å²) in [7, 11) is 0. The van der Waals surface area contributed by atoms with Crippen molar-refractivity contribution < 1.29 is 82.6 Å². The van der Waals surface area contributed by atoms with Gasteiger partial charge in [0.15, 0.2) is 28.7 Å². The van der Waals surface area contributed by atoms with Gasteiger partial charge in [-0.2, -0.15) is 19.9 Å². The normalized spacial score (nSPS) is 11.0. The van der Waals surface area contributed by atoms with E-state index in [9.17, 15) is 28.8 Å². The number of fused-ring (bicyclic) bond motifs is 2. The standard InChI is InChI=1S/C26H35N5O9.C16H17N5O5.C9H19NO5/c27-23-22-24(30-25(29-23)40-11-2-9-32)31(26(36)28-22)17-18-4-6-19(7-5-18)20(33)3-1-10-37-13-15-39-16-14-38-12-8-21(34)35;17-12-11-13(20-15(19-12)26-7-1-6-22)21(16(25)18-11)8-9-2-4-10(5-3-9)14(23)24;10-2-4-14-6-8-15-7-5-13-3-1-9(11)12/h4-7,32H,1-3,8-17H2,(H,28,36)(H,34,35)(H2,27,29,30);2-5,22H,1,6-8H2,(H,18,25)(H,23,24)(H2,17,19,20);1-8,10H2,(H,11,12). The van der Waals surface area contributed by atoms with Gasteiger partial charge in [0.05, 0.1) is 117 Å². The van der Waals surface area contributed by atoms with Crippen LogP contribution in [0.4, 0.5) is 11.6 Å². The smallest absolute Gasteiger partial charge is 0.335 e. The number of hydrogen-bond donors (Lipinski definition) is 10. The number of benzene rings is 2. The number of ether oxygens (including phenoxy) is 8. The summed E-state index contributed by atoms with van der Waals surface area (Å²) in [6, 6.07) is 13.2. The third-order valence-corrected chi connectivity index (χ3v) is 10.8. The number of aliphatic carboxylic acids is 2. The van der Waals surface area contributed by atoms with Gasteiger partial charge in [-0.25, -0.2) is 14.4 Å². The molecule has 30 nitrogen and oxygen atoms in total. The van der Waals surface area contributed by atoms with Gasteiger partial charge in [0.2, 0.25) is 0 Å². The maximum Gasteiger partial charge on any atom is 0.335 e. The van der Waals surface area contributed by atoms with Gasteiger partial charge < -0.3 is 90.6 Å². The zero-order chi connectivity index (χ0) is 58.8. The van der Waals surface area contributed by atoms with Crippen molar-refractivity contribution in [3.63, 3.8) is 0 Å². The lowest BCUT2D eigenvalue weighted by atomic mass is 10.0. The van der Waals surface area contributed by atoms with Crippen LogP contribution in [0.25, 0.3) is 22.3 Å². The first kappa shape index (κ1) is 65.6. The Morgan fingerprint density at radius 3 is 1.25 bits per heavy atom. The number of carbonyl (C=O) groups is 4. The number of anilines is 2. The number of aromatic nitrogens is 8. The van der Waals surface area contributed by atoms with E-state index in [4.69, 9.17) is 80.6 Å². The van der Waals surface area contributed by atoms with Crippen LogP contribution in [0.3, 0.4) is 0 Å². The summed E-state index contributed by atoms with van der Waals surface area (Å²) in [6.45, 7) is 5.91. The van der Waals surface area contributed by atoms with Crippen molar-refractivity contribution in [1.82, 2.24) is 39.0 Å². The van der Waals surface area contributed by atoms with Crippen molar-refractivity contribution in [1.29, 1.82) is 0 Å². The second-order valence-corrected chi connectivity index (χ2v) is 17.0. The Labute approximate surface area is 463 Å². The fourth-order valence-corrected chi connectivity index (χ4v) is 6.82. The highest BCUT2D eigenvalue weighted by Crippen LogP contribution is 2.21. The third kappa shape index (κ3) is 24.1. The van der Waals surface area contributed by atoms with E-state index in [0.29, 0.717) is 121 Å². The number of hydrogen-bond acceptors (Lipinski definition) is 23. The number of nitrogens with one attached hydrogen (secondary N) is 2. The fourth-order valence-electron chi connectivity index (χ4n) is 6.82. The number of carboxylic acid groups (broad SMARTS) is 3. The maximum absolute atomic E-state index is 12.6. The van der Waals surface area contributed by atoms with Gasteiger partial charge in [-0.15, -0.1) is 0 Å². The Kier molecular flexibility index (Phi) is 30.0. The number of Topliss-reactive ketones (excluding diaryl/α,β-unsaturated/α-hetero) is 1. The molecule has 0 amide bonds. The van der Waals surface area contributed by atoms with E-state index in [1.54, 1.807) is 36.4 Å². The summed E-state index contributed by atoms with van der Waals surface area (Å²) in [5, 5.41) is 43.5. The molecule has 30 heteroatoms. The third-order valence-electron chi connectivity index (χ3n) is 10.8. The number of nitrogen functional groups attached to an aromatic ring is 2.